The van der Waals surface area contributed by atoms with Gasteiger partial charge in [-0.15, -0.1) is 0 Å². The molecule has 4 rings (SSSR count). The summed E-state index contributed by atoms with van der Waals surface area (Å²) in [5.74, 6) is 0.209. The SMILES string of the molecule is COc1cccc(C(=O)N2CCCN(c3ccc(C(=O)NC4CCC(N)CC4)cc3[N+](=O)[O-])CC2)c1. The van der Waals surface area contributed by atoms with Crippen LogP contribution in [0.5, 0.6) is 5.75 Å². The van der Waals surface area contributed by atoms with E-state index >= 15 is 0 Å². The smallest absolute Gasteiger partial charge is 0.293 e. The summed E-state index contributed by atoms with van der Waals surface area (Å²) in [6.07, 6.45) is 4.00. The van der Waals surface area contributed by atoms with Gasteiger partial charge in [0.1, 0.15) is 11.4 Å². The van der Waals surface area contributed by atoms with Crippen LogP contribution in [-0.2, 0) is 0 Å². The zero-order valence-corrected chi connectivity index (χ0v) is 20.5. The molecular weight excluding hydrogens is 462 g/mol. The van der Waals surface area contributed by atoms with Crippen molar-refractivity contribution < 1.29 is 19.2 Å². The first-order chi connectivity index (χ1) is 17.4. The molecule has 1 saturated carbocycles. The maximum absolute atomic E-state index is 13.0. The number of hydrogen-bond acceptors (Lipinski definition) is 7. The predicted molar refractivity (Wildman–Crippen MR) is 137 cm³/mol. The lowest BCUT2D eigenvalue weighted by molar-refractivity contribution is -0.384. The fraction of sp³-hybridized carbons (Fsp3) is 0.462. The number of nitro benzene ring substituents is 1. The highest BCUT2D eigenvalue weighted by Gasteiger charge is 2.27. The minimum absolute atomic E-state index is 0.0368. The number of nitrogens with zero attached hydrogens (tertiary/aromatic N) is 3. The van der Waals surface area contributed by atoms with Crippen molar-refractivity contribution >= 4 is 23.2 Å². The molecule has 2 fully saturated rings. The summed E-state index contributed by atoms with van der Waals surface area (Å²) in [6, 6.07) is 11.9. The van der Waals surface area contributed by atoms with Gasteiger partial charge in [0.15, 0.2) is 0 Å². The molecule has 0 bridgehead atoms. The van der Waals surface area contributed by atoms with E-state index in [4.69, 9.17) is 10.5 Å². The number of anilines is 1. The lowest BCUT2D eigenvalue weighted by Gasteiger charge is -2.27. The van der Waals surface area contributed by atoms with Gasteiger partial charge in [0.2, 0.25) is 0 Å². The van der Waals surface area contributed by atoms with Crippen LogP contribution >= 0.6 is 0 Å². The molecule has 2 aromatic rings. The first-order valence-corrected chi connectivity index (χ1v) is 12.4. The second-order valence-corrected chi connectivity index (χ2v) is 9.41. The third-order valence-corrected chi connectivity index (χ3v) is 6.98. The number of nitrogens with one attached hydrogen (secondary N) is 1. The number of nitro groups is 1. The average Bonchev–Trinajstić information content (AvgIpc) is 3.15. The summed E-state index contributed by atoms with van der Waals surface area (Å²) in [7, 11) is 1.56. The summed E-state index contributed by atoms with van der Waals surface area (Å²) >= 11 is 0. The summed E-state index contributed by atoms with van der Waals surface area (Å²) in [6.45, 7) is 1.99. The lowest BCUT2D eigenvalue weighted by Crippen LogP contribution is -2.40. The van der Waals surface area contributed by atoms with Gasteiger partial charge >= 0.3 is 0 Å². The van der Waals surface area contributed by atoms with Crippen molar-refractivity contribution in [2.24, 2.45) is 5.73 Å². The van der Waals surface area contributed by atoms with Gasteiger partial charge in [-0.2, -0.15) is 0 Å². The Morgan fingerprint density at radius 1 is 1.03 bits per heavy atom. The van der Waals surface area contributed by atoms with Gasteiger partial charge in [-0.1, -0.05) is 6.07 Å². The quantitative estimate of drug-likeness (QED) is 0.465. The van der Waals surface area contributed by atoms with Crippen molar-refractivity contribution in [3.05, 3.63) is 63.7 Å². The molecule has 192 valence electrons. The van der Waals surface area contributed by atoms with Crippen molar-refractivity contribution in [2.75, 3.05) is 38.2 Å². The molecule has 0 unspecified atom stereocenters. The number of carbonyl (C=O) groups excluding carboxylic acids is 2. The second-order valence-electron chi connectivity index (χ2n) is 9.41. The van der Waals surface area contributed by atoms with Gasteiger partial charge in [-0.25, -0.2) is 0 Å². The van der Waals surface area contributed by atoms with Crippen LogP contribution in [0.3, 0.4) is 0 Å². The Bertz CT molecular complexity index is 1120. The lowest BCUT2D eigenvalue weighted by atomic mass is 9.91. The van der Waals surface area contributed by atoms with Crippen molar-refractivity contribution in [3.8, 4) is 5.75 Å². The Balaban J connectivity index is 1.45. The monoisotopic (exact) mass is 495 g/mol. The van der Waals surface area contributed by atoms with Crippen LogP contribution in [0.1, 0.15) is 52.8 Å². The van der Waals surface area contributed by atoms with E-state index in [-0.39, 0.29) is 35.1 Å². The molecule has 1 aliphatic heterocycles. The Morgan fingerprint density at radius 3 is 2.53 bits per heavy atom. The number of amides is 2. The molecule has 2 aliphatic rings. The second kappa shape index (κ2) is 11.4. The molecular formula is C26H33N5O5. The van der Waals surface area contributed by atoms with E-state index < -0.39 is 4.92 Å². The number of rotatable bonds is 6. The number of carbonyl (C=O) groups is 2. The van der Waals surface area contributed by atoms with E-state index in [9.17, 15) is 19.7 Å². The number of benzene rings is 2. The van der Waals surface area contributed by atoms with E-state index in [0.717, 1.165) is 25.7 Å². The molecule has 0 radical (unpaired) electrons. The average molecular weight is 496 g/mol. The molecule has 0 spiro atoms. The van der Waals surface area contributed by atoms with Crippen LogP contribution in [0.25, 0.3) is 0 Å². The largest absolute Gasteiger partial charge is 0.497 e. The van der Waals surface area contributed by atoms with Gasteiger partial charge in [0, 0.05) is 55.5 Å². The first kappa shape index (κ1) is 25.4. The molecule has 10 heteroatoms. The number of methoxy groups -OCH3 is 1. The topological polar surface area (TPSA) is 131 Å². The third kappa shape index (κ3) is 5.93. The normalized spacial score (nSPS) is 20.4. The minimum Gasteiger partial charge on any atom is -0.497 e. The maximum Gasteiger partial charge on any atom is 0.293 e. The predicted octanol–water partition coefficient (Wildman–Crippen LogP) is 2.96. The molecule has 36 heavy (non-hydrogen) atoms. The summed E-state index contributed by atoms with van der Waals surface area (Å²) < 4.78 is 5.22. The van der Waals surface area contributed by atoms with Crippen LogP contribution in [0, 0.1) is 10.1 Å². The van der Waals surface area contributed by atoms with Gasteiger partial charge in [0.05, 0.1) is 12.0 Å². The van der Waals surface area contributed by atoms with E-state index in [1.54, 1.807) is 48.4 Å². The summed E-state index contributed by atoms with van der Waals surface area (Å²) in [5, 5.41) is 14.9. The highest BCUT2D eigenvalue weighted by atomic mass is 16.6. The molecule has 0 atom stereocenters. The Labute approximate surface area is 210 Å². The Morgan fingerprint density at radius 2 is 1.81 bits per heavy atom. The molecule has 0 aromatic heterocycles. The first-order valence-electron chi connectivity index (χ1n) is 12.4. The van der Waals surface area contributed by atoms with E-state index in [2.05, 4.69) is 5.32 Å². The molecule has 1 aliphatic carbocycles. The maximum atomic E-state index is 13.0. The zero-order valence-electron chi connectivity index (χ0n) is 20.5. The summed E-state index contributed by atoms with van der Waals surface area (Å²) in [4.78, 5) is 41.0. The third-order valence-electron chi connectivity index (χ3n) is 6.98. The van der Waals surface area contributed by atoms with Crippen molar-refractivity contribution in [1.29, 1.82) is 0 Å². The van der Waals surface area contributed by atoms with E-state index in [1.165, 1.54) is 6.07 Å². The molecule has 2 amide bonds. The zero-order chi connectivity index (χ0) is 25.7. The standard InChI is InChI=1S/C26H33N5O5/c1-36-22-5-2-4-19(16-22)26(33)30-13-3-12-29(14-15-30)23-11-6-18(17-24(23)31(34)35)25(32)28-21-9-7-20(27)8-10-21/h2,4-6,11,16-17,20-21H,3,7-10,12-15,27H2,1H3,(H,28,32). The van der Waals surface area contributed by atoms with Gasteiger partial charge in [0.25, 0.3) is 17.5 Å². The van der Waals surface area contributed by atoms with Crippen molar-refractivity contribution in [1.82, 2.24) is 10.2 Å². The number of ether oxygens (including phenoxy) is 1. The van der Waals surface area contributed by atoms with Gasteiger partial charge in [-0.3, -0.25) is 19.7 Å². The number of hydrogen-bond donors (Lipinski definition) is 2. The number of nitrogens with two attached hydrogens (primary N) is 1. The highest BCUT2D eigenvalue weighted by Crippen LogP contribution is 2.31. The fourth-order valence-electron chi connectivity index (χ4n) is 4.91. The van der Waals surface area contributed by atoms with Crippen LogP contribution in [0.2, 0.25) is 0 Å². The fourth-order valence-corrected chi connectivity index (χ4v) is 4.91. The summed E-state index contributed by atoms with van der Waals surface area (Å²) in [5.41, 5.74) is 7.10. The molecule has 1 saturated heterocycles. The van der Waals surface area contributed by atoms with Crippen molar-refractivity contribution in [2.45, 2.75) is 44.2 Å². The molecule has 10 nitrogen and oxygen atoms in total. The van der Waals surface area contributed by atoms with Crippen LogP contribution < -0.4 is 20.7 Å². The van der Waals surface area contributed by atoms with Crippen LogP contribution in [0.4, 0.5) is 11.4 Å². The van der Waals surface area contributed by atoms with Crippen LogP contribution in [0.15, 0.2) is 42.5 Å². The Kier molecular flexibility index (Phi) is 8.04. The molecule has 2 aromatic carbocycles. The minimum atomic E-state index is -0.449. The highest BCUT2D eigenvalue weighted by molar-refractivity contribution is 5.96. The van der Waals surface area contributed by atoms with Gasteiger partial charge in [-0.05, 0) is 62.4 Å². The van der Waals surface area contributed by atoms with E-state index in [0.29, 0.717) is 49.6 Å². The van der Waals surface area contributed by atoms with Crippen LogP contribution in [-0.4, -0.2) is 67.0 Å². The molecule has 3 N–H and O–H groups in total. The van der Waals surface area contributed by atoms with E-state index in [1.807, 2.05) is 4.90 Å². The van der Waals surface area contributed by atoms with Gasteiger partial charge < -0.3 is 25.6 Å². The molecule has 1 heterocycles. The Hall–Kier alpha value is -3.66. The van der Waals surface area contributed by atoms with Crippen molar-refractivity contribution in [3.63, 3.8) is 0 Å².